The average molecular weight is 1330 g/mol. The van der Waals surface area contributed by atoms with Crippen molar-refractivity contribution in [2.45, 2.75) is 418 Å². The van der Waals surface area contributed by atoms with Gasteiger partial charge in [0.2, 0.25) is 0 Å². The van der Waals surface area contributed by atoms with Crippen molar-refractivity contribution in [3.8, 4) is 0 Å². The molecule has 0 aromatic heterocycles. The van der Waals surface area contributed by atoms with E-state index in [2.05, 4.69) is 76.3 Å². The number of allylic oxidation sites excluding steroid dienone is 8. The van der Waals surface area contributed by atoms with Gasteiger partial charge in [0.05, 0.1) is 13.2 Å². The highest BCUT2D eigenvalue weighted by atomic mass is 16.6. The third kappa shape index (κ3) is 70.0. The van der Waals surface area contributed by atoms with Crippen LogP contribution in [0.5, 0.6) is 0 Å². The van der Waals surface area contributed by atoms with Gasteiger partial charge < -0.3 is 44.5 Å². The van der Waals surface area contributed by atoms with Crippen molar-refractivity contribution in [3.63, 3.8) is 0 Å². The van der Waals surface area contributed by atoms with Crippen molar-refractivity contribution < 1.29 is 63.7 Å². The number of unbranched alkanes of at least 4 members (excludes halogenated alkanes) is 44. The Kier molecular flexibility index (Phi) is 75.9. The van der Waals surface area contributed by atoms with Crippen molar-refractivity contribution in [1.82, 2.24) is 0 Å². The van der Waals surface area contributed by atoms with Crippen LogP contribution in [0.4, 0.5) is 0 Å². The second-order valence-electron chi connectivity index (χ2n) is 26.8. The molecule has 13 heteroatoms. The van der Waals surface area contributed by atoms with Gasteiger partial charge in [0, 0.05) is 25.7 Å². The molecule has 0 saturated heterocycles. The quantitative estimate of drug-likeness (QED) is 0.0167. The topological polar surface area (TPSA) is 206 Å². The van der Waals surface area contributed by atoms with E-state index in [0.29, 0.717) is 12.8 Å². The van der Waals surface area contributed by atoms with Crippen LogP contribution < -0.4 is 0 Å². The van der Waals surface area contributed by atoms with Crippen LogP contribution >= 0.6 is 0 Å². The molecule has 0 aliphatic carbocycles. The van der Waals surface area contributed by atoms with E-state index in [1.165, 1.54) is 180 Å². The Morgan fingerprint density at radius 3 is 0.649 bits per heavy atom. The number of carbonyl (C=O) groups is 4. The lowest BCUT2D eigenvalue weighted by atomic mass is 10.1. The summed E-state index contributed by atoms with van der Waals surface area (Å²) in [6.07, 6.45) is 73.8. The van der Waals surface area contributed by atoms with Gasteiger partial charge >= 0.3 is 23.9 Å². The fourth-order valence-corrected chi connectivity index (χ4v) is 11.2. The summed E-state index contributed by atoms with van der Waals surface area (Å²) >= 11 is 0. The number of esters is 4. The molecule has 0 saturated carbocycles. The number of hydrogen-bond acceptors (Lipinski definition) is 13. The summed E-state index contributed by atoms with van der Waals surface area (Å²) in [7, 11) is 0. The summed E-state index contributed by atoms with van der Waals surface area (Å²) in [5, 5.41) is 42.6. The predicted molar refractivity (Wildman–Crippen MR) is 392 cm³/mol. The van der Waals surface area contributed by atoms with E-state index in [-0.39, 0.29) is 50.8 Å². The molecule has 94 heavy (non-hydrogen) atoms. The maximum Gasteiger partial charge on any atom is 0.306 e. The first-order chi connectivity index (χ1) is 46.0. The molecule has 0 rings (SSSR count). The van der Waals surface area contributed by atoms with Gasteiger partial charge in [-0.2, -0.15) is 0 Å². The Labute approximate surface area is 577 Å². The monoisotopic (exact) mass is 1330 g/mol. The van der Waals surface area contributed by atoms with Crippen molar-refractivity contribution in [3.05, 3.63) is 48.6 Å². The zero-order chi connectivity index (χ0) is 69.1. The number of aliphatic hydroxyl groups is 5. The molecule has 5 atom stereocenters. The van der Waals surface area contributed by atoms with E-state index in [1.807, 2.05) is 0 Å². The third-order valence-corrected chi connectivity index (χ3v) is 17.5. The Bertz CT molecular complexity index is 1610. The fraction of sp³-hybridized carbons (Fsp3) is 0.852. The summed E-state index contributed by atoms with van der Waals surface area (Å²) in [5.74, 6) is -1.59. The van der Waals surface area contributed by atoms with Gasteiger partial charge in [-0.25, -0.2) is 0 Å². The molecule has 0 aromatic carbocycles. The molecule has 0 unspecified atom stereocenters. The Hall–Kier alpha value is -3.36. The van der Waals surface area contributed by atoms with Gasteiger partial charge in [-0.05, 0) is 128 Å². The van der Waals surface area contributed by atoms with Crippen molar-refractivity contribution >= 4 is 23.9 Å². The van der Waals surface area contributed by atoms with Crippen molar-refractivity contribution in [1.29, 1.82) is 0 Å². The number of aliphatic hydroxyl groups excluding tert-OH is 5. The lowest BCUT2D eigenvalue weighted by molar-refractivity contribution is -0.183. The summed E-state index contributed by atoms with van der Waals surface area (Å²) in [6, 6.07) is 0. The number of ether oxygens (including phenoxy) is 4. The Balaban J connectivity index is 0. The van der Waals surface area contributed by atoms with Gasteiger partial charge in [0.25, 0.3) is 0 Å². The molecule has 0 radical (unpaired) electrons. The van der Waals surface area contributed by atoms with Gasteiger partial charge in [0.15, 0.2) is 12.2 Å². The van der Waals surface area contributed by atoms with Crippen LogP contribution in [0.15, 0.2) is 48.6 Å². The van der Waals surface area contributed by atoms with Gasteiger partial charge in [-0.15, -0.1) is 0 Å². The minimum absolute atomic E-state index is 0.211. The standard InChI is InChI=1S/C76H138O8.C5H12O5/c1-5-9-13-17-21-25-29-33-37-41-45-49-53-57-61-65-73(77)81-69-71(83-75(79)67-63-59-55-51-47-43-39-35-31-27-23-19-15-11-7-3)72(84-76(80)68-64-60-56-52-48-44-40-36-32-28-24-20-16-12-8-4)70-82-74(78)66-62-58-54-50-46-42-38-34-30-26-22-18-14-10-6-2;6-1-3(8)5(10)4(9)2-7/h33-40,71-72H,5-32,41-70H2,1-4H3;3-10H,1-2H2/b37-33-,38-34-,39-35-,40-36-;/t71-,72+;3-,4+,5+. The minimum Gasteiger partial charge on any atom is -0.462 e. The highest BCUT2D eigenvalue weighted by Crippen LogP contribution is 2.19. The maximum absolute atomic E-state index is 13.6. The second kappa shape index (κ2) is 77.0. The molecule has 0 spiro atoms. The molecule has 0 aliphatic heterocycles. The summed E-state index contributed by atoms with van der Waals surface area (Å²) in [6.45, 7) is 7.23. The van der Waals surface area contributed by atoms with Crippen LogP contribution in [0.2, 0.25) is 0 Å². The van der Waals surface area contributed by atoms with Crippen molar-refractivity contribution in [2.24, 2.45) is 0 Å². The largest absolute Gasteiger partial charge is 0.462 e. The first kappa shape index (κ1) is 92.7. The van der Waals surface area contributed by atoms with Crippen LogP contribution in [-0.4, -0.2) is 106 Å². The Morgan fingerprint density at radius 1 is 0.266 bits per heavy atom. The lowest BCUT2D eigenvalue weighted by Gasteiger charge is -2.27. The normalized spacial score (nSPS) is 13.4. The second-order valence-corrected chi connectivity index (χ2v) is 26.8. The highest BCUT2D eigenvalue weighted by Gasteiger charge is 2.32. The fourth-order valence-electron chi connectivity index (χ4n) is 11.2. The number of rotatable bonds is 71. The van der Waals surface area contributed by atoms with Crippen LogP contribution in [0.25, 0.3) is 0 Å². The number of hydrogen-bond donors (Lipinski definition) is 5. The summed E-state index contributed by atoms with van der Waals surface area (Å²) in [5.41, 5.74) is 0. The average Bonchev–Trinajstić information content (AvgIpc) is 1.72. The van der Waals surface area contributed by atoms with E-state index in [9.17, 15) is 19.2 Å². The van der Waals surface area contributed by atoms with E-state index in [4.69, 9.17) is 44.5 Å². The van der Waals surface area contributed by atoms with Gasteiger partial charge in [-0.3, -0.25) is 19.2 Å². The van der Waals surface area contributed by atoms with Crippen LogP contribution in [-0.2, 0) is 38.1 Å². The zero-order valence-corrected chi connectivity index (χ0v) is 61.4. The first-order valence-electron chi connectivity index (χ1n) is 39.6. The predicted octanol–water partition coefficient (Wildman–Crippen LogP) is 21.1. The SMILES string of the molecule is CCCCCCCC/C=C\CCCCCCCC(=O)OC[C@H](OC(=O)CCCCCCC/C=C\CCCCCCCC)[C@@H](COC(=O)CCCCCCC/C=C\CCCCCCCC)OC(=O)CCCCCCC/C=C\CCCCCCCC.OC[C@@H](O)[C@H](O)[C@@H](O)CO. The molecule has 0 heterocycles. The molecule has 0 aromatic rings. The number of carbonyl (C=O) groups excluding carboxylic acids is 4. The van der Waals surface area contributed by atoms with E-state index < -0.39 is 55.7 Å². The molecule has 0 amide bonds. The summed E-state index contributed by atoms with van der Waals surface area (Å²) in [4.78, 5) is 53.5. The summed E-state index contributed by atoms with van der Waals surface area (Å²) < 4.78 is 23.7. The minimum atomic E-state index is -1.49. The smallest absolute Gasteiger partial charge is 0.306 e. The Morgan fingerprint density at radius 2 is 0.447 bits per heavy atom. The molecule has 0 fully saturated rings. The molecule has 13 nitrogen and oxygen atoms in total. The van der Waals surface area contributed by atoms with E-state index in [1.54, 1.807) is 0 Å². The van der Waals surface area contributed by atoms with Crippen LogP contribution in [0.3, 0.4) is 0 Å². The zero-order valence-electron chi connectivity index (χ0n) is 61.4. The third-order valence-electron chi connectivity index (χ3n) is 17.5. The first-order valence-corrected chi connectivity index (χ1v) is 39.6. The molecule has 5 N–H and O–H groups in total. The molecule has 552 valence electrons. The van der Waals surface area contributed by atoms with Gasteiger partial charge in [0.1, 0.15) is 31.5 Å². The maximum atomic E-state index is 13.6. The molecule has 0 bridgehead atoms. The van der Waals surface area contributed by atoms with Crippen molar-refractivity contribution in [2.75, 3.05) is 26.4 Å². The molecule has 0 aliphatic rings. The molecular weight excluding hydrogens is 1180 g/mol. The van der Waals surface area contributed by atoms with Gasteiger partial charge in [-0.1, -0.05) is 282 Å². The highest BCUT2D eigenvalue weighted by molar-refractivity contribution is 5.72. The van der Waals surface area contributed by atoms with Crippen LogP contribution in [0.1, 0.15) is 387 Å². The molecular formula is C81H150O13. The lowest BCUT2D eigenvalue weighted by Crippen LogP contribution is -2.42. The van der Waals surface area contributed by atoms with E-state index >= 15 is 0 Å². The van der Waals surface area contributed by atoms with Crippen LogP contribution in [0, 0.1) is 0 Å². The van der Waals surface area contributed by atoms with E-state index in [0.717, 1.165) is 141 Å².